The van der Waals surface area contributed by atoms with Crippen molar-refractivity contribution in [3.8, 4) is 0 Å². The van der Waals surface area contributed by atoms with E-state index in [-0.39, 0.29) is 5.56 Å². The number of fused-ring (bicyclic) bond motifs is 2. The summed E-state index contributed by atoms with van der Waals surface area (Å²) in [6.45, 7) is 3.70. The molecule has 23 heavy (non-hydrogen) atoms. The highest BCUT2D eigenvalue weighted by atomic mass is 79.9. The quantitative estimate of drug-likeness (QED) is 0.713. The molecule has 0 radical (unpaired) electrons. The van der Waals surface area contributed by atoms with Gasteiger partial charge in [0.25, 0.3) is 5.56 Å². The molecule has 0 atom stereocenters. The first-order valence-electron chi connectivity index (χ1n) is 7.64. The van der Waals surface area contributed by atoms with E-state index in [9.17, 15) is 4.79 Å². The Balaban J connectivity index is 1.76. The minimum Gasteiger partial charge on any atom is -0.338 e. The first-order valence-corrected chi connectivity index (χ1v) is 8.43. The second-order valence-electron chi connectivity index (χ2n) is 5.96. The predicted molar refractivity (Wildman–Crippen MR) is 96.0 cm³/mol. The van der Waals surface area contributed by atoms with Gasteiger partial charge >= 0.3 is 0 Å². The Morgan fingerprint density at radius 2 is 2.09 bits per heavy atom. The van der Waals surface area contributed by atoms with Crippen LogP contribution in [0.2, 0.25) is 0 Å². The third-order valence-electron chi connectivity index (χ3n) is 4.33. The minimum absolute atomic E-state index is 0.0816. The summed E-state index contributed by atoms with van der Waals surface area (Å²) in [7, 11) is 0. The molecule has 4 nitrogen and oxygen atoms in total. The number of aromatic nitrogens is 2. The fraction of sp³-hybridized carbons (Fsp3) is 0.222. The summed E-state index contributed by atoms with van der Waals surface area (Å²) in [6, 6.07) is 11.8. The Morgan fingerprint density at radius 1 is 1.26 bits per heavy atom. The first kappa shape index (κ1) is 14.5. The number of aromatic amines is 1. The summed E-state index contributed by atoms with van der Waals surface area (Å²) >= 11 is 3.66. The van der Waals surface area contributed by atoms with Gasteiger partial charge in [0.2, 0.25) is 5.95 Å². The van der Waals surface area contributed by atoms with Gasteiger partial charge < -0.3 is 4.90 Å². The lowest BCUT2D eigenvalue weighted by Crippen LogP contribution is -2.33. The summed E-state index contributed by atoms with van der Waals surface area (Å²) in [5.74, 6) is 0.650. The molecule has 5 heteroatoms. The van der Waals surface area contributed by atoms with E-state index >= 15 is 0 Å². The molecule has 0 spiro atoms. The molecule has 0 saturated heterocycles. The minimum atomic E-state index is -0.0816. The van der Waals surface area contributed by atoms with Crippen LogP contribution in [0.1, 0.15) is 16.7 Å². The van der Waals surface area contributed by atoms with E-state index in [0.717, 1.165) is 25.0 Å². The monoisotopic (exact) mass is 369 g/mol. The number of hydrogen-bond acceptors (Lipinski definition) is 3. The average molecular weight is 370 g/mol. The van der Waals surface area contributed by atoms with Crippen molar-refractivity contribution in [2.75, 3.05) is 11.4 Å². The highest BCUT2D eigenvalue weighted by Gasteiger charge is 2.20. The van der Waals surface area contributed by atoms with Gasteiger partial charge in [-0.3, -0.25) is 9.78 Å². The van der Waals surface area contributed by atoms with Crippen molar-refractivity contribution in [2.45, 2.75) is 19.9 Å². The average Bonchev–Trinajstić information content (AvgIpc) is 2.54. The predicted octanol–water partition coefficient (Wildman–Crippen LogP) is 3.56. The van der Waals surface area contributed by atoms with Crippen molar-refractivity contribution in [3.05, 3.63) is 67.9 Å². The van der Waals surface area contributed by atoms with Crippen LogP contribution in [-0.4, -0.2) is 16.5 Å². The summed E-state index contributed by atoms with van der Waals surface area (Å²) in [5.41, 5.74) is 4.54. The van der Waals surface area contributed by atoms with Gasteiger partial charge in [0.15, 0.2) is 0 Å². The molecule has 1 N–H and O–H groups in total. The van der Waals surface area contributed by atoms with Gasteiger partial charge in [-0.15, -0.1) is 0 Å². The molecule has 1 aromatic heterocycles. The SMILES string of the molecule is Cc1cc(Br)c2c(c1)CN(c1nc3ccccc3c(=O)[nH]1)CC2. The van der Waals surface area contributed by atoms with Gasteiger partial charge in [-0.1, -0.05) is 34.1 Å². The molecule has 0 bridgehead atoms. The lowest BCUT2D eigenvalue weighted by atomic mass is 9.98. The van der Waals surface area contributed by atoms with Crippen LogP contribution in [0, 0.1) is 6.92 Å². The molecule has 0 amide bonds. The smallest absolute Gasteiger partial charge is 0.260 e. The Morgan fingerprint density at radius 3 is 2.96 bits per heavy atom. The lowest BCUT2D eigenvalue weighted by molar-refractivity contribution is 0.705. The van der Waals surface area contributed by atoms with Crippen LogP contribution in [0.5, 0.6) is 0 Å². The zero-order valence-electron chi connectivity index (χ0n) is 12.8. The van der Waals surface area contributed by atoms with Crippen LogP contribution < -0.4 is 10.5 Å². The molecular formula is C18H16BrN3O. The van der Waals surface area contributed by atoms with Crippen molar-refractivity contribution in [2.24, 2.45) is 0 Å². The molecule has 1 aliphatic rings. The fourth-order valence-corrected chi connectivity index (χ4v) is 4.02. The number of rotatable bonds is 1. The Hall–Kier alpha value is -2.14. The van der Waals surface area contributed by atoms with E-state index in [4.69, 9.17) is 0 Å². The van der Waals surface area contributed by atoms with Gasteiger partial charge in [0.1, 0.15) is 0 Å². The Kier molecular flexibility index (Phi) is 3.45. The van der Waals surface area contributed by atoms with Crippen LogP contribution in [0.4, 0.5) is 5.95 Å². The molecule has 0 aliphatic carbocycles. The molecule has 0 saturated carbocycles. The second-order valence-corrected chi connectivity index (χ2v) is 6.82. The molecule has 0 fully saturated rings. The maximum Gasteiger partial charge on any atom is 0.260 e. The second kappa shape index (κ2) is 5.49. The Labute approximate surface area is 142 Å². The normalized spacial score (nSPS) is 14.1. The van der Waals surface area contributed by atoms with Gasteiger partial charge in [-0.25, -0.2) is 4.98 Å². The van der Waals surface area contributed by atoms with Crippen LogP contribution in [0.15, 0.2) is 45.7 Å². The van der Waals surface area contributed by atoms with Crippen LogP contribution in [-0.2, 0) is 13.0 Å². The van der Waals surface area contributed by atoms with E-state index in [0.29, 0.717) is 11.3 Å². The molecule has 2 aromatic carbocycles. The molecule has 1 aliphatic heterocycles. The first-order chi connectivity index (χ1) is 11.1. The highest BCUT2D eigenvalue weighted by molar-refractivity contribution is 9.10. The van der Waals surface area contributed by atoms with Crippen LogP contribution in [0.3, 0.4) is 0 Å². The summed E-state index contributed by atoms with van der Waals surface area (Å²) in [6.07, 6.45) is 0.937. The van der Waals surface area contributed by atoms with Gasteiger partial charge in [-0.05, 0) is 48.2 Å². The van der Waals surface area contributed by atoms with Crippen molar-refractivity contribution < 1.29 is 0 Å². The highest BCUT2D eigenvalue weighted by Crippen LogP contribution is 2.29. The van der Waals surface area contributed by atoms with Crippen molar-refractivity contribution in [1.82, 2.24) is 9.97 Å². The summed E-state index contributed by atoms with van der Waals surface area (Å²) < 4.78 is 1.17. The van der Waals surface area contributed by atoms with Crippen molar-refractivity contribution in [3.63, 3.8) is 0 Å². The van der Waals surface area contributed by atoms with E-state index < -0.39 is 0 Å². The van der Waals surface area contributed by atoms with E-state index in [1.165, 1.54) is 21.2 Å². The largest absolute Gasteiger partial charge is 0.338 e. The number of para-hydroxylation sites is 1. The fourth-order valence-electron chi connectivity index (χ4n) is 3.20. The number of H-pyrrole nitrogens is 1. The van der Waals surface area contributed by atoms with Crippen LogP contribution in [0.25, 0.3) is 10.9 Å². The molecule has 2 heterocycles. The summed E-state index contributed by atoms with van der Waals surface area (Å²) in [5, 5.41) is 0.632. The lowest BCUT2D eigenvalue weighted by Gasteiger charge is -2.30. The number of hydrogen-bond donors (Lipinski definition) is 1. The third-order valence-corrected chi connectivity index (χ3v) is 5.03. The standard InChI is InChI=1S/C18H16BrN3O/c1-11-8-12-10-22(7-6-13(12)15(19)9-11)18-20-16-5-3-2-4-14(16)17(23)21-18/h2-5,8-9H,6-7,10H2,1H3,(H,20,21,23). The maximum absolute atomic E-state index is 12.3. The van der Waals surface area contributed by atoms with Gasteiger partial charge in [0.05, 0.1) is 10.9 Å². The number of nitrogens with one attached hydrogen (secondary N) is 1. The molecule has 116 valence electrons. The third kappa shape index (κ3) is 2.55. The van der Waals surface area contributed by atoms with E-state index in [1.807, 2.05) is 18.2 Å². The summed E-state index contributed by atoms with van der Waals surface area (Å²) in [4.78, 5) is 22.0. The van der Waals surface area contributed by atoms with Gasteiger partial charge in [-0.2, -0.15) is 0 Å². The molecular weight excluding hydrogens is 354 g/mol. The topological polar surface area (TPSA) is 49.0 Å². The molecule has 4 rings (SSSR count). The molecule has 0 unspecified atom stereocenters. The maximum atomic E-state index is 12.3. The number of benzene rings is 2. The molecule has 3 aromatic rings. The van der Waals surface area contributed by atoms with Crippen LogP contribution >= 0.6 is 15.9 Å². The van der Waals surface area contributed by atoms with E-state index in [1.54, 1.807) is 6.07 Å². The van der Waals surface area contributed by atoms with Gasteiger partial charge in [0, 0.05) is 17.6 Å². The Bertz CT molecular complexity index is 964. The number of anilines is 1. The van der Waals surface area contributed by atoms with E-state index in [2.05, 4.69) is 49.9 Å². The number of nitrogens with zero attached hydrogens (tertiary/aromatic N) is 2. The number of halogens is 1. The zero-order valence-corrected chi connectivity index (χ0v) is 14.4. The van der Waals surface area contributed by atoms with Crippen molar-refractivity contribution in [1.29, 1.82) is 0 Å². The number of aryl methyl sites for hydroxylation is 1. The van der Waals surface area contributed by atoms with Crippen molar-refractivity contribution >= 4 is 32.8 Å². The zero-order chi connectivity index (χ0) is 16.0.